The van der Waals surface area contributed by atoms with Crippen molar-refractivity contribution in [3.63, 3.8) is 0 Å². The number of pyridine rings is 2. The molecule has 3 aromatic rings. The van der Waals surface area contributed by atoms with E-state index in [1.165, 1.54) is 6.20 Å². The fourth-order valence-corrected chi connectivity index (χ4v) is 1.89. The van der Waals surface area contributed by atoms with E-state index >= 15 is 0 Å². The van der Waals surface area contributed by atoms with Gasteiger partial charge in [0.25, 0.3) is 5.88 Å². The number of rotatable bonds is 2. The summed E-state index contributed by atoms with van der Waals surface area (Å²) in [4.78, 5) is 8.04. The van der Waals surface area contributed by atoms with Gasteiger partial charge in [-0.15, -0.1) is 0 Å². The predicted molar refractivity (Wildman–Crippen MR) is 71.0 cm³/mol. The SMILES string of the molecule is Fc1cc(Cl)cnc1Oc1cccc2ncccc12. The van der Waals surface area contributed by atoms with Crippen LogP contribution in [0.5, 0.6) is 11.6 Å². The first-order valence-electron chi connectivity index (χ1n) is 5.57. The smallest absolute Gasteiger partial charge is 0.255 e. The number of ether oxygens (including phenoxy) is 1. The van der Waals surface area contributed by atoms with Gasteiger partial charge in [-0.05, 0) is 30.3 Å². The van der Waals surface area contributed by atoms with Crippen LogP contribution in [0.25, 0.3) is 10.9 Å². The van der Waals surface area contributed by atoms with Crippen molar-refractivity contribution in [1.29, 1.82) is 0 Å². The van der Waals surface area contributed by atoms with E-state index in [1.807, 2.05) is 12.1 Å². The molecule has 0 aliphatic carbocycles. The topological polar surface area (TPSA) is 35.0 Å². The lowest BCUT2D eigenvalue weighted by molar-refractivity contribution is 0.427. The van der Waals surface area contributed by atoms with E-state index < -0.39 is 5.82 Å². The molecule has 0 fully saturated rings. The zero-order valence-corrected chi connectivity index (χ0v) is 10.4. The highest BCUT2D eigenvalue weighted by molar-refractivity contribution is 6.30. The highest BCUT2D eigenvalue weighted by Crippen LogP contribution is 2.29. The molecule has 1 aromatic carbocycles. The van der Waals surface area contributed by atoms with Gasteiger partial charge in [-0.1, -0.05) is 17.7 Å². The predicted octanol–water partition coefficient (Wildman–Crippen LogP) is 4.21. The highest BCUT2D eigenvalue weighted by atomic mass is 35.5. The van der Waals surface area contributed by atoms with Crippen molar-refractivity contribution in [1.82, 2.24) is 9.97 Å². The lowest BCUT2D eigenvalue weighted by Gasteiger charge is -2.08. The summed E-state index contributed by atoms with van der Waals surface area (Å²) in [5.74, 6) is -0.214. The molecule has 0 aliphatic rings. The van der Waals surface area contributed by atoms with Crippen molar-refractivity contribution in [3.05, 3.63) is 59.6 Å². The molecular formula is C14H8ClFN2O. The van der Waals surface area contributed by atoms with Crippen molar-refractivity contribution in [2.24, 2.45) is 0 Å². The maximum absolute atomic E-state index is 13.6. The summed E-state index contributed by atoms with van der Waals surface area (Å²) in [6.45, 7) is 0. The lowest BCUT2D eigenvalue weighted by atomic mass is 10.2. The molecule has 3 nitrogen and oxygen atoms in total. The number of fused-ring (bicyclic) bond motifs is 1. The Morgan fingerprint density at radius 2 is 2.00 bits per heavy atom. The van der Waals surface area contributed by atoms with Gasteiger partial charge < -0.3 is 4.74 Å². The van der Waals surface area contributed by atoms with E-state index in [0.29, 0.717) is 5.75 Å². The maximum atomic E-state index is 13.6. The van der Waals surface area contributed by atoms with Crippen molar-refractivity contribution >= 4 is 22.5 Å². The van der Waals surface area contributed by atoms with E-state index in [-0.39, 0.29) is 10.9 Å². The summed E-state index contributed by atoms with van der Waals surface area (Å²) in [5, 5.41) is 1.02. The zero-order chi connectivity index (χ0) is 13.2. The van der Waals surface area contributed by atoms with Crippen molar-refractivity contribution in [2.45, 2.75) is 0 Å². The van der Waals surface area contributed by atoms with Crippen LogP contribution < -0.4 is 4.74 Å². The normalized spacial score (nSPS) is 10.6. The van der Waals surface area contributed by atoms with Crippen molar-refractivity contribution in [2.75, 3.05) is 0 Å². The minimum Gasteiger partial charge on any atom is -0.436 e. The van der Waals surface area contributed by atoms with Crippen LogP contribution in [0.2, 0.25) is 5.02 Å². The van der Waals surface area contributed by atoms with Gasteiger partial charge in [0.2, 0.25) is 0 Å². The summed E-state index contributed by atoms with van der Waals surface area (Å²) in [6.07, 6.45) is 3.02. The summed E-state index contributed by atoms with van der Waals surface area (Å²) in [7, 11) is 0. The van der Waals surface area contributed by atoms with Gasteiger partial charge in [0.15, 0.2) is 5.82 Å². The standard InChI is InChI=1S/C14H8ClFN2O/c15-9-7-11(16)14(18-8-9)19-13-5-1-4-12-10(13)3-2-6-17-12/h1-8H. The maximum Gasteiger partial charge on any atom is 0.255 e. The second-order valence-corrected chi connectivity index (χ2v) is 4.31. The molecule has 0 aliphatic heterocycles. The summed E-state index contributed by atoms with van der Waals surface area (Å²) in [6, 6.07) is 10.2. The Hall–Kier alpha value is -2.20. The molecule has 0 spiro atoms. The van der Waals surface area contributed by atoms with E-state index in [4.69, 9.17) is 16.3 Å². The largest absolute Gasteiger partial charge is 0.436 e. The zero-order valence-electron chi connectivity index (χ0n) is 9.68. The fraction of sp³-hybridized carbons (Fsp3) is 0. The molecule has 19 heavy (non-hydrogen) atoms. The van der Waals surface area contributed by atoms with Crippen LogP contribution in [-0.2, 0) is 0 Å². The van der Waals surface area contributed by atoms with E-state index in [9.17, 15) is 4.39 Å². The average molecular weight is 275 g/mol. The molecule has 0 bridgehead atoms. The minimum atomic E-state index is -0.603. The Morgan fingerprint density at radius 3 is 2.84 bits per heavy atom. The molecular weight excluding hydrogens is 267 g/mol. The molecule has 94 valence electrons. The molecule has 0 saturated carbocycles. The van der Waals surface area contributed by atoms with E-state index in [0.717, 1.165) is 17.0 Å². The molecule has 0 saturated heterocycles. The Bertz CT molecular complexity index is 743. The Labute approximate surface area is 113 Å². The average Bonchev–Trinajstić information content (AvgIpc) is 2.42. The van der Waals surface area contributed by atoms with E-state index in [2.05, 4.69) is 9.97 Å². The molecule has 0 radical (unpaired) electrons. The fourth-order valence-electron chi connectivity index (χ4n) is 1.75. The third kappa shape index (κ3) is 2.35. The second kappa shape index (κ2) is 4.82. The van der Waals surface area contributed by atoms with Gasteiger partial charge in [0.05, 0.1) is 10.5 Å². The third-order valence-corrected chi connectivity index (χ3v) is 2.79. The Morgan fingerprint density at radius 1 is 1.11 bits per heavy atom. The number of aromatic nitrogens is 2. The van der Waals surface area contributed by atoms with Gasteiger partial charge in [0, 0.05) is 17.8 Å². The number of halogens is 2. The third-order valence-electron chi connectivity index (χ3n) is 2.59. The van der Waals surface area contributed by atoms with Crippen LogP contribution in [0.3, 0.4) is 0 Å². The molecule has 5 heteroatoms. The monoisotopic (exact) mass is 274 g/mol. The highest BCUT2D eigenvalue weighted by Gasteiger charge is 2.09. The van der Waals surface area contributed by atoms with Crippen molar-refractivity contribution < 1.29 is 9.13 Å². The van der Waals surface area contributed by atoms with Gasteiger partial charge >= 0.3 is 0 Å². The first-order chi connectivity index (χ1) is 9.24. The van der Waals surface area contributed by atoms with Gasteiger partial charge in [-0.25, -0.2) is 9.37 Å². The van der Waals surface area contributed by atoms with Crippen molar-refractivity contribution in [3.8, 4) is 11.6 Å². The molecule has 0 amide bonds. The van der Waals surface area contributed by atoms with Gasteiger partial charge in [-0.3, -0.25) is 4.98 Å². The first-order valence-corrected chi connectivity index (χ1v) is 5.94. The number of nitrogens with zero attached hydrogens (tertiary/aromatic N) is 2. The Balaban J connectivity index is 2.06. The minimum absolute atomic E-state index is 0.110. The van der Waals surface area contributed by atoms with Gasteiger partial charge in [-0.2, -0.15) is 0 Å². The second-order valence-electron chi connectivity index (χ2n) is 3.87. The van der Waals surface area contributed by atoms with Crippen LogP contribution in [0.15, 0.2) is 48.8 Å². The summed E-state index contributed by atoms with van der Waals surface area (Å²) in [5.41, 5.74) is 0.773. The molecule has 2 aromatic heterocycles. The van der Waals surface area contributed by atoms with Gasteiger partial charge in [0.1, 0.15) is 5.75 Å². The van der Waals surface area contributed by atoms with Crippen LogP contribution in [0.1, 0.15) is 0 Å². The van der Waals surface area contributed by atoms with Crippen LogP contribution in [-0.4, -0.2) is 9.97 Å². The molecule has 2 heterocycles. The quantitative estimate of drug-likeness (QED) is 0.702. The first kappa shape index (κ1) is 11.9. The lowest BCUT2D eigenvalue weighted by Crippen LogP contribution is -1.93. The molecule has 3 rings (SSSR count). The van der Waals surface area contributed by atoms with E-state index in [1.54, 1.807) is 24.4 Å². The molecule has 0 N–H and O–H groups in total. The van der Waals surface area contributed by atoms with Crippen LogP contribution in [0, 0.1) is 5.82 Å². The Kier molecular flexibility index (Phi) is 3.01. The van der Waals surface area contributed by atoms with Crippen LogP contribution in [0.4, 0.5) is 4.39 Å². The van der Waals surface area contributed by atoms with Crippen LogP contribution >= 0.6 is 11.6 Å². The number of hydrogen-bond donors (Lipinski definition) is 0. The summed E-state index contributed by atoms with van der Waals surface area (Å²) < 4.78 is 19.1. The molecule has 0 unspecified atom stereocenters. The molecule has 0 atom stereocenters. The number of hydrogen-bond acceptors (Lipinski definition) is 3. The number of benzene rings is 1. The summed E-state index contributed by atoms with van der Waals surface area (Å²) >= 11 is 5.65.